The molecule has 0 aliphatic carbocycles. The molecule has 1 aromatic rings. The van der Waals surface area contributed by atoms with E-state index < -0.39 is 17.8 Å². The molecule has 1 nitrogen and oxygen atoms in total. The van der Waals surface area contributed by atoms with E-state index in [2.05, 4.69) is 0 Å². The van der Waals surface area contributed by atoms with Gasteiger partial charge in [-0.3, -0.25) is 0 Å². The van der Waals surface area contributed by atoms with Crippen LogP contribution in [0.1, 0.15) is 24.5 Å². The summed E-state index contributed by atoms with van der Waals surface area (Å²) in [6.07, 6.45) is -2.81. The molecule has 0 N–H and O–H groups in total. The minimum atomic E-state index is -2.81. The van der Waals surface area contributed by atoms with Crippen molar-refractivity contribution in [1.82, 2.24) is 0 Å². The standard InChI is InChI=1S/C10H11F3O/c1-3-14-7-5-4-6(2)8(9(7)11)10(12)13/h4-5,10H,3H2,1-2H3. The number of rotatable bonds is 3. The SMILES string of the molecule is CCOc1ccc(C)c(C(F)F)c1F. The van der Waals surface area contributed by atoms with Crippen LogP contribution in [0.4, 0.5) is 13.2 Å². The molecule has 0 radical (unpaired) electrons. The molecule has 0 aromatic heterocycles. The Balaban J connectivity index is 3.19. The van der Waals surface area contributed by atoms with E-state index >= 15 is 0 Å². The first-order valence-electron chi connectivity index (χ1n) is 4.27. The van der Waals surface area contributed by atoms with Crippen LogP contribution in [-0.4, -0.2) is 6.61 Å². The molecule has 0 spiro atoms. The lowest BCUT2D eigenvalue weighted by Crippen LogP contribution is -2.01. The third-order valence-electron chi connectivity index (χ3n) is 1.88. The lowest BCUT2D eigenvalue weighted by Gasteiger charge is -2.10. The highest BCUT2D eigenvalue weighted by atomic mass is 19.3. The van der Waals surface area contributed by atoms with Gasteiger partial charge >= 0.3 is 0 Å². The van der Waals surface area contributed by atoms with Gasteiger partial charge in [0.25, 0.3) is 6.43 Å². The van der Waals surface area contributed by atoms with E-state index in [1.165, 1.54) is 19.1 Å². The van der Waals surface area contributed by atoms with Gasteiger partial charge in [0.2, 0.25) is 0 Å². The van der Waals surface area contributed by atoms with Gasteiger partial charge in [0.1, 0.15) is 0 Å². The molecule has 1 aromatic carbocycles. The number of alkyl halides is 2. The molecule has 0 heterocycles. The van der Waals surface area contributed by atoms with Crippen LogP contribution in [0.25, 0.3) is 0 Å². The molecule has 78 valence electrons. The van der Waals surface area contributed by atoms with E-state index in [1.807, 2.05) is 0 Å². The lowest BCUT2D eigenvalue weighted by molar-refractivity contribution is 0.144. The largest absolute Gasteiger partial charge is 0.491 e. The first kappa shape index (κ1) is 10.9. The van der Waals surface area contributed by atoms with Crippen LogP contribution in [0, 0.1) is 12.7 Å². The van der Waals surface area contributed by atoms with Crippen molar-refractivity contribution >= 4 is 0 Å². The summed E-state index contributed by atoms with van der Waals surface area (Å²) in [5.74, 6) is -1.07. The predicted octanol–water partition coefficient (Wildman–Crippen LogP) is 3.47. The van der Waals surface area contributed by atoms with Crippen molar-refractivity contribution in [3.8, 4) is 5.75 Å². The fraction of sp³-hybridized carbons (Fsp3) is 0.400. The lowest BCUT2D eigenvalue weighted by atomic mass is 10.1. The molecule has 0 amide bonds. The van der Waals surface area contributed by atoms with Crippen molar-refractivity contribution < 1.29 is 17.9 Å². The Hall–Kier alpha value is -1.19. The molecule has 0 aliphatic rings. The van der Waals surface area contributed by atoms with Crippen molar-refractivity contribution in [1.29, 1.82) is 0 Å². The van der Waals surface area contributed by atoms with Crippen molar-refractivity contribution in [3.63, 3.8) is 0 Å². The molecule has 4 heteroatoms. The number of halogens is 3. The Bertz CT molecular complexity index is 323. The fourth-order valence-corrected chi connectivity index (χ4v) is 1.20. The Morgan fingerprint density at radius 2 is 2.00 bits per heavy atom. The smallest absolute Gasteiger partial charge is 0.267 e. The average molecular weight is 204 g/mol. The molecule has 0 fully saturated rings. The van der Waals surface area contributed by atoms with Gasteiger partial charge in [-0.05, 0) is 25.5 Å². The van der Waals surface area contributed by atoms with Gasteiger partial charge in [-0.1, -0.05) is 6.07 Å². The van der Waals surface area contributed by atoms with Gasteiger partial charge < -0.3 is 4.74 Å². The maximum Gasteiger partial charge on any atom is 0.267 e. The van der Waals surface area contributed by atoms with Gasteiger partial charge in [0.15, 0.2) is 11.6 Å². The summed E-state index contributed by atoms with van der Waals surface area (Å²) in [5, 5.41) is 0. The van der Waals surface area contributed by atoms with Crippen LogP contribution in [0.15, 0.2) is 12.1 Å². The number of aryl methyl sites for hydroxylation is 1. The van der Waals surface area contributed by atoms with Gasteiger partial charge in [0.05, 0.1) is 12.2 Å². The van der Waals surface area contributed by atoms with Crippen molar-refractivity contribution in [2.24, 2.45) is 0 Å². The Morgan fingerprint density at radius 1 is 1.36 bits per heavy atom. The quantitative estimate of drug-likeness (QED) is 0.732. The van der Waals surface area contributed by atoms with E-state index in [0.717, 1.165) is 0 Å². The first-order valence-corrected chi connectivity index (χ1v) is 4.27. The summed E-state index contributed by atoms with van der Waals surface area (Å²) in [7, 11) is 0. The molecule has 14 heavy (non-hydrogen) atoms. The molecule has 0 atom stereocenters. The predicted molar refractivity (Wildman–Crippen MR) is 47.3 cm³/mol. The monoisotopic (exact) mass is 204 g/mol. The summed E-state index contributed by atoms with van der Waals surface area (Å²) in [6.45, 7) is 3.37. The Labute approximate surface area is 80.5 Å². The van der Waals surface area contributed by atoms with Crippen LogP contribution >= 0.6 is 0 Å². The maximum absolute atomic E-state index is 13.4. The Kier molecular flexibility index (Phi) is 3.38. The molecule has 0 unspecified atom stereocenters. The second kappa shape index (κ2) is 4.35. The number of benzene rings is 1. The summed E-state index contributed by atoms with van der Waals surface area (Å²) >= 11 is 0. The van der Waals surface area contributed by atoms with E-state index in [4.69, 9.17) is 4.74 Å². The zero-order valence-corrected chi connectivity index (χ0v) is 7.98. The number of ether oxygens (including phenoxy) is 1. The summed E-state index contributed by atoms with van der Waals surface area (Å²) < 4.78 is 43.1. The summed E-state index contributed by atoms with van der Waals surface area (Å²) in [5.41, 5.74) is -0.336. The third kappa shape index (κ3) is 2.00. The molecule has 0 saturated carbocycles. The topological polar surface area (TPSA) is 9.23 Å². The third-order valence-corrected chi connectivity index (χ3v) is 1.88. The van der Waals surface area contributed by atoms with Crippen LogP contribution < -0.4 is 4.74 Å². The second-order valence-corrected chi connectivity index (χ2v) is 2.84. The van der Waals surface area contributed by atoms with Gasteiger partial charge in [-0.2, -0.15) is 0 Å². The highest BCUT2D eigenvalue weighted by Gasteiger charge is 2.19. The first-order chi connectivity index (χ1) is 6.57. The molecule has 0 bridgehead atoms. The second-order valence-electron chi connectivity index (χ2n) is 2.84. The Morgan fingerprint density at radius 3 is 2.50 bits per heavy atom. The van der Waals surface area contributed by atoms with E-state index in [1.54, 1.807) is 6.92 Å². The minimum absolute atomic E-state index is 0.117. The summed E-state index contributed by atoms with van der Waals surface area (Å²) in [6, 6.07) is 2.79. The maximum atomic E-state index is 13.4. The van der Waals surface area contributed by atoms with Gasteiger partial charge in [-0.25, -0.2) is 13.2 Å². The molecule has 0 saturated heterocycles. The minimum Gasteiger partial charge on any atom is -0.491 e. The molecule has 1 rings (SSSR count). The average Bonchev–Trinajstić information content (AvgIpc) is 2.10. The van der Waals surface area contributed by atoms with Crippen LogP contribution in [-0.2, 0) is 0 Å². The fourth-order valence-electron chi connectivity index (χ4n) is 1.20. The number of hydrogen-bond donors (Lipinski definition) is 0. The van der Waals surface area contributed by atoms with E-state index in [9.17, 15) is 13.2 Å². The van der Waals surface area contributed by atoms with Crippen LogP contribution in [0.2, 0.25) is 0 Å². The summed E-state index contributed by atoms with van der Waals surface area (Å²) in [4.78, 5) is 0. The highest BCUT2D eigenvalue weighted by Crippen LogP contribution is 2.31. The van der Waals surface area contributed by atoms with E-state index in [0.29, 0.717) is 0 Å². The zero-order chi connectivity index (χ0) is 10.7. The van der Waals surface area contributed by atoms with Crippen LogP contribution in [0.3, 0.4) is 0 Å². The van der Waals surface area contributed by atoms with Gasteiger partial charge in [-0.15, -0.1) is 0 Å². The molecular formula is C10H11F3O. The normalized spacial score (nSPS) is 10.7. The van der Waals surface area contributed by atoms with Crippen molar-refractivity contribution in [2.75, 3.05) is 6.61 Å². The molecule has 0 aliphatic heterocycles. The van der Waals surface area contributed by atoms with Crippen molar-refractivity contribution in [2.45, 2.75) is 20.3 Å². The van der Waals surface area contributed by atoms with Crippen molar-refractivity contribution in [3.05, 3.63) is 29.1 Å². The zero-order valence-electron chi connectivity index (χ0n) is 7.98. The highest BCUT2D eigenvalue weighted by molar-refractivity contribution is 5.37. The molecular weight excluding hydrogens is 193 g/mol. The van der Waals surface area contributed by atoms with E-state index in [-0.39, 0.29) is 17.9 Å². The van der Waals surface area contributed by atoms with Gasteiger partial charge in [0, 0.05) is 0 Å². The van der Waals surface area contributed by atoms with Crippen LogP contribution in [0.5, 0.6) is 5.75 Å². The number of hydrogen-bond acceptors (Lipinski definition) is 1.